The van der Waals surface area contributed by atoms with E-state index in [1.807, 2.05) is 32.0 Å². The zero-order valence-corrected chi connectivity index (χ0v) is 11.8. The van der Waals surface area contributed by atoms with E-state index >= 15 is 0 Å². The maximum atomic E-state index is 12.2. The Morgan fingerprint density at radius 1 is 1.45 bits per heavy atom. The van der Waals surface area contributed by atoms with Gasteiger partial charge in [0, 0.05) is 12.2 Å². The molecule has 1 aromatic carbocycles. The van der Waals surface area contributed by atoms with E-state index in [0.717, 1.165) is 23.2 Å². The van der Waals surface area contributed by atoms with E-state index in [-0.39, 0.29) is 13.1 Å². The Morgan fingerprint density at radius 2 is 2.15 bits per heavy atom. The monoisotopic (exact) mass is 276 g/mol. The van der Waals surface area contributed by atoms with Crippen LogP contribution in [0.15, 0.2) is 30.9 Å². The first kappa shape index (κ1) is 15.8. The predicted molar refractivity (Wildman–Crippen MR) is 79.0 cm³/mol. The van der Waals surface area contributed by atoms with E-state index in [1.165, 1.54) is 11.0 Å². The van der Waals surface area contributed by atoms with Crippen LogP contribution in [0.25, 0.3) is 0 Å². The van der Waals surface area contributed by atoms with Crippen molar-refractivity contribution in [3.63, 3.8) is 0 Å². The van der Waals surface area contributed by atoms with Gasteiger partial charge in [-0.05, 0) is 24.5 Å². The molecular weight excluding hydrogens is 256 g/mol. The number of urea groups is 1. The Morgan fingerprint density at radius 3 is 2.70 bits per heavy atom. The molecular formula is C15H20N2O3. The highest BCUT2D eigenvalue weighted by molar-refractivity contribution is 5.92. The number of para-hydroxylation sites is 1. The lowest BCUT2D eigenvalue weighted by molar-refractivity contribution is -0.137. The highest BCUT2D eigenvalue weighted by Crippen LogP contribution is 2.21. The molecule has 0 unspecified atom stereocenters. The van der Waals surface area contributed by atoms with Crippen LogP contribution in [-0.2, 0) is 11.2 Å². The molecule has 5 heteroatoms. The summed E-state index contributed by atoms with van der Waals surface area (Å²) < 4.78 is 0. The molecule has 0 saturated heterocycles. The van der Waals surface area contributed by atoms with Crippen LogP contribution in [-0.4, -0.2) is 35.1 Å². The van der Waals surface area contributed by atoms with Gasteiger partial charge in [-0.25, -0.2) is 4.79 Å². The third kappa shape index (κ3) is 4.12. The maximum Gasteiger partial charge on any atom is 0.323 e. The highest BCUT2D eigenvalue weighted by atomic mass is 16.4. The fraction of sp³-hybridized carbons (Fsp3) is 0.333. The second-order valence-electron chi connectivity index (χ2n) is 4.46. The number of nitrogens with zero attached hydrogens (tertiary/aromatic N) is 1. The maximum absolute atomic E-state index is 12.2. The molecule has 0 radical (unpaired) electrons. The molecule has 5 nitrogen and oxygen atoms in total. The van der Waals surface area contributed by atoms with Crippen molar-refractivity contribution in [3.05, 3.63) is 42.0 Å². The van der Waals surface area contributed by atoms with Gasteiger partial charge in [-0.3, -0.25) is 4.79 Å². The summed E-state index contributed by atoms with van der Waals surface area (Å²) in [5.41, 5.74) is 2.72. The van der Waals surface area contributed by atoms with Crippen LogP contribution in [0.4, 0.5) is 10.5 Å². The van der Waals surface area contributed by atoms with Crippen LogP contribution in [0.1, 0.15) is 18.1 Å². The van der Waals surface area contributed by atoms with Crippen molar-refractivity contribution in [2.24, 2.45) is 0 Å². The van der Waals surface area contributed by atoms with Crippen molar-refractivity contribution in [1.29, 1.82) is 0 Å². The number of anilines is 1. The molecule has 20 heavy (non-hydrogen) atoms. The number of aryl methyl sites for hydroxylation is 2. The first-order valence-corrected chi connectivity index (χ1v) is 6.46. The van der Waals surface area contributed by atoms with Crippen LogP contribution in [0.2, 0.25) is 0 Å². The van der Waals surface area contributed by atoms with E-state index < -0.39 is 12.0 Å². The molecule has 0 atom stereocenters. The quantitative estimate of drug-likeness (QED) is 0.785. The van der Waals surface area contributed by atoms with Gasteiger partial charge in [-0.1, -0.05) is 31.2 Å². The van der Waals surface area contributed by atoms with E-state index in [1.54, 1.807) is 0 Å². The fourth-order valence-electron chi connectivity index (χ4n) is 1.93. The van der Waals surface area contributed by atoms with E-state index in [0.29, 0.717) is 0 Å². The lowest BCUT2D eigenvalue weighted by Crippen LogP contribution is -2.39. The van der Waals surface area contributed by atoms with Crippen LogP contribution in [0.3, 0.4) is 0 Å². The molecule has 108 valence electrons. The summed E-state index contributed by atoms with van der Waals surface area (Å²) in [7, 11) is 0. The number of carboxylic acids is 1. The number of carboxylic acid groups (broad SMARTS) is 1. The minimum atomic E-state index is -1.05. The molecule has 0 spiro atoms. The van der Waals surface area contributed by atoms with Gasteiger partial charge in [0.2, 0.25) is 0 Å². The Labute approximate surface area is 118 Å². The van der Waals surface area contributed by atoms with Crippen LogP contribution in [0, 0.1) is 6.92 Å². The molecule has 0 aliphatic heterocycles. The normalized spacial score (nSPS) is 9.90. The molecule has 0 bridgehead atoms. The zero-order valence-electron chi connectivity index (χ0n) is 11.8. The number of hydrogen-bond donors (Lipinski definition) is 2. The molecule has 2 N–H and O–H groups in total. The second kappa shape index (κ2) is 7.33. The molecule has 0 aliphatic carbocycles. The summed E-state index contributed by atoms with van der Waals surface area (Å²) in [6.07, 6.45) is 2.29. The van der Waals surface area contributed by atoms with Crippen molar-refractivity contribution >= 4 is 17.7 Å². The van der Waals surface area contributed by atoms with Crippen LogP contribution >= 0.6 is 0 Å². The number of hydrogen-bond acceptors (Lipinski definition) is 2. The third-order valence-corrected chi connectivity index (χ3v) is 2.93. The smallest absolute Gasteiger partial charge is 0.323 e. The Bertz CT molecular complexity index is 512. The van der Waals surface area contributed by atoms with Gasteiger partial charge in [-0.2, -0.15) is 0 Å². The van der Waals surface area contributed by atoms with E-state index in [2.05, 4.69) is 11.9 Å². The summed E-state index contributed by atoms with van der Waals surface area (Å²) in [6, 6.07) is 5.35. The number of carbonyl (C=O) groups is 2. The molecule has 0 heterocycles. The number of carbonyl (C=O) groups excluding carboxylic acids is 1. The summed E-state index contributed by atoms with van der Waals surface area (Å²) in [5, 5.41) is 11.6. The highest BCUT2D eigenvalue weighted by Gasteiger charge is 2.17. The first-order valence-electron chi connectivity index (χ1n) is 6.46. The lowest BCUT2D eigenvalue weighted by Gasteiger charge is -2.21. The molecule has 1 aromatic rings. The van der Waals surface area contributed by atoms with E-state index in [9.17, 15) is 9.59 Å². The average Bonchev–Trinajstić information content (AvgIpc) is 2.40. The number of benzene rings is 1. The minimum Gasteiger partial charge on any atom is -0.480 e. The van der Waals surface area contributed by atoms with Crippen molar-refractivity contribution in [3.8, 4) is 0 Å². The summed E-state index contributed by atoms with van der Waals surface area (Å²) in [6.45, 7) is 7.27. The second-order valence-corrected chi connectivity index (χ2v) is 4.46. The van der Waals surface area contributed by atoms with Crippen LogP contribution < -0.4 is 5.32 Å². The van der Waals surface area contributed by atoms with Crippen molar-refractivity contribution in [2.45, 2.75) is 20.3 Å². The topological polar surface area (TPSA) is 69.6 Å². The van der Waals surface area contributed by atoms with E-state index in [4.69, 9.17) is 5.11 Å². The largest absolute Gasteiger partial charge is 0.480 e. The van der Waals surface area contributed by atoms with Crippen molar-refractivity contribution in [1.82, 2.24) is 4.90 Å². The Kier molecular flexibility index (Phi) is 5.77. The van der Waals surface area contributed by atoms with Gasteiger partial charge in [0.05, 0.1) is 0 Å². The van der Waals surface area contributed by atoms with Gasteiger partial charge in [0.1, 0.15) is 6.54 Å². The Balaban J connectivity index is 2.92. The van der Waals surface area contributed by atoms with Crippen molar-refractivity contribution < 1.29 is 14.7 Å². The summed E-state index contributed by atoms with van der Waals surface area (Å²) >= 11 is 0. The summed E-state index contributed by atoms with van der Waals surface area (Å²) in [5.74, 6) is -1.05. The van der Waals surface area contributed by atoms with Gasteiger partial charge >= 0.3 is 12.0 Å². The first-order chi connectivity index (χ1) is 9.49. The number of nitrogens with one attached hydrogen (secondary N) is 1. The summed E-state index contributed by atoms with van der Waals surface area (Å²) in [4.78, 5) is 24.1. The number of aliphatic carboxylic acids is 1. The molecule has 2 amide bonds. The Hall–Kier alpha value is -2.30. The van der Waals surface area contributed by atoms with Gasteiger partial charge in [0.25, 0.3) is 0 Å². The van der Waals surface area contributed by atoms with Crippen LogP contribution in [0.5, 0.6) is 0 Å². The predicted octanol–water partition coefficient (Wildman–Crippen LogP) is 2.66. The molecule has 0 aromatic heterocycles. The number of rotatable bonds is 6. The SMILES string of the molecule is C=CCN(CC(=O)O)C(=O)Nc1c(C)cccc1CC. The minimum absolute atomic E-state index is 0.186. The molecule has 0 saturated carbocycles. The average molecular weight is 276 g/mol. The zero-order chi connectivity index (χ0) is 15.1. The fourth-order valence-corrected chi connectivity index (χ4v) is 1.93. The lowest BCUT2D eigenvalue weighted by atomic mass is 10.1. The van der Waals surface area contributed by atoms with Gasteiger partial charge < -0.3 is 15.3 Å². The third-order valence-electron chi connectivity index (χ3n) is 2.93. The number of amides is 2. The molecule has 0 aliphatic rings. The van der Waals surface area contributed by atoms with Gasteiger partial charge in [0.15, 0.2) is 0 Å². The molecule has 0 fully saturated rings. The standard InChI is InChI=1S/C15H20N2O3/c1-4-9-17(10-13(18)19)15(20)16-14-11(3)7-6-8-12(14)5-2/h4,6-8H,1,5,9-10H2,2-3H3,(H,16,20)(H,18,19). The van der Waals surface area contributed by atoms with Gasteiger partial charge in [-0.15, -0.1) is 6.58 Å². The molecule has 1 rings (SSSR count). The van der Waals surface area contributed by atoms with Crippen molar-refractivity contribution in [2.75, 3.05) is 18.4 Å².